The van der Waals surface area contributed by atoms with Crippen LogP contribution in [-0.2, 0) is 16.4 Å². The van der Waals surface area contributed by atoms with Crippen LogP contribution in [0, 0.1) is 0 Å². The second-order valence-electron chi connectivity index (χ2n) is 7.77. The Morgan fingerprint density at radius 2 is 1.72 bits per heavy atom. The molecule has 2 aliphatic rings. The first-order valence-corrected chi connectivity index (χ1v) is 11.8. The molecule has 2 N–H and O–H groups in total. The van der Waals surface area contributed by atoms with E-state index in [1.54, 1.807) is 42.5 Å². The second kappa shape index (κ2) is 8.45. The molecular formula is C22H27N3O3S. The maximum Gasteiger partial charge on any atom is 0.319 e. The lowest BCUT2D eigenvalue weighted by Crippen LogP contribution is -2.39. The molecule has 0 saturated heterocycles. The van der Waals surface area contributed by atoms with Gasteiger partial charge in [-0.2, -0.15) is 0 Å². The first-order chi connectivity index (χ1) is 14.0. The lowest BCUT2D eigenvalue weighted by molar-refractivity contribution is 0.244. The van der Waals surface area contributed by atoms with E-state index in [0.717, 1.165) is 44.1 Å². The number of aryl methyl sites for hydroxylation is 1. The third-order valence-electron chi connectivity index (χ3n) is 5.68. The summed E-state index contributed by atoms with van der Waals surface area (Å²) in [6.45, 7) is 0.458. The molecule has 1 fully saturated rings. The number of nitrogens with one attached hydrogen (secondary N) is 2. The van der Waals surface area contributed by atoms with Crippen LogP contribution < -0.4 is 14.9 Å². The minimum Gasteiger partial charge on any atom is -0.335 e. The Balaban J connectivity index is 1.50. The number of carbonyl (C=O) groups excluding carboxylic acids is 1. The standard InChI is InChI=1S/C22H27N3O3S/c26-22(23-18-9-3-1-4-10-18)24-19-13-14-21-17(16-19)8-7-15-25(21)29(27,28)20-11-5-2-6-12-20/h2,5-6,11-14,16,18H,1,3-4,7-10,15H2,(H2,23,24,26). The van der Waals surface area contributed by atoms with Gasteiger partial charge in [-0.1, -0.05) is 37.5 Å². The summed E-state index contributed by atoms with van der Waals surface area (Å²) in [7, 11) is -3.60. The first-order valence-electron chi connectivity index (χ1n) is 10.3. The molecule has 1 aliphatic heterocycles. The lowest BCUT2D eigenvalue weighted by atomic mass is 9.96. The number of carbonyl (C=O) groups is 1. The van der Waals surface area contributed by atoms with Gasteiger partial charge in [0.2, 0.25) is 0 Å². The van der Waals surface area contributed by atoms with E-state index < -0.39 is 10.0 Å². The largest absolute Gasteiger partial charge is 0.335 e. The molecular weight excluding hydrogens is 386 g/mol. The van der Waals surface area contributed by atoms with Crippen molar-refractivity contribution in [1.29, 1.82) is 0 Å². The highest BCUT2D eigenvalue weighted by Crippen LogP contribution is 2.33. The van der Waals surface area contributed by atoms with Crippen molar-refractivity contribution in [1.82, 2.24) is 5.32 Å². The molecule has 1 heterocycles. The van der Waals surface area contributed by atoms with Gasteiger partial charge < -0.3 is 10.6 Å². The fourth-order valence-corrected chi connectivity index (χ4v) is 5.77. The number of hydrogen-bond donors (Lipinski definition) is 2. The number of benzene rings is 2. The third kappa shape index (κ3) is 4.40. The fourth-order valence-electron chi connectivity index (χ4n) is 4.21. The van der Waals surface area contributed by atoms with E-state index in [9.17, 15) is 13.2 Å². The van der Waals surface area contributed by atoms with Crippen molar-refractivity contribution in [3.8, 4) is 0 Å². The SMILES string of the molecule is O=C(Nc1ccc2c(c1)CCCN2S(=O)(=O)c1ccccc1)NC1CCCCC1. The molecule has 0 aromatic heterocycles. The summed E-state index contributed by atoms with van der Waals surface area (Å²) in [5, 5.41) is 5.95. The summed E-state index contributed by atoms with van der Waals surface area (Å²) in [6.07, 6.45) is 7.17. The molecule has 6 nitrogen and oxygen atoms in total. The summed E-state index contributed by atoms with van der Waals surface area (Å²) in [4.78, 5) is 12.6. The van der Waals surface area contributed by atoms with Crippen LogP contribution in [0.25, 0.3) is 0 Å². The van der Waals surface area contributed by atoms with Crippen molar-refractivity contribution < 1.29 is 13.2 Å². The lowest BCUT2D eigenvalue weighted by Gasteiger charge is -2.31. The number of anilines is 2. The van der Waals surface area contributed by atoms with Crippen LogP contribution in [0.15, 0.2) is 53.4 Å². The molecule has 1 saturated carbocycles. The van der Waals surface area contributed by atoms with Crippen LogP contribution >= 0.6 is 0 Å². The summed E-state index contributed by atoms with van der Waals surface area (Å²) >= 11 is 0. The Bertz CT molecular complexity index is 970. The van der Waals surface area contributed by atoms with Crippen LogP contribution in [0.3, 0.4) is 0 Å². The predicted octanol–water partition coefficient (Wildman–Crippen LogP) is 4.28. The zero-order valence-corrected chi connectivity index (χ0v) is 17.2. The number of hydrogen-bond acceptors (Lipinski definition) is 3. The molecule has 0 bridgehead atoms. The first kappa shape index (κ1) is 19.8. The molecule has 0 atom stereocenters. The monoisotopic (exact) mass is 413 g/mol. The van der Waals surface area contributed by atoms with Crippen LogP contribution in [0.4, 0.5) is 16.2 Å². The van der Waals surface area contributed by atoms with E-state index in [0.29, 0.717) is 22.8 Å². The minimum absolute atomic E-state index is 0.193. The summed E-state index contributed by atoms with van der Waals surface area (Å²) < 4.78 is 27.6. The normalized spacial score (nSPS) is 17.4. The number of sulfonamides is 1. The van der Waals surface area contributed by atoms with E-state index in [1.807, 2.05) is 6.07 Å². The maximum atomic E-state index is 13.1. The smallest absolute Gasteiger partial charge is 0.319 e. The van der Waals surface area contributed by atoms with Gasteiger partial charge >= 0.3 is 6.03 Å². The molecule has 0 spiro atoms. The Hall–Kier alpha value is -2.54. The average Bonchev–Trinajstić information content (AvgIpc) is 2.74. The Morgan fingerprint density at radius 3 is 2.48 bits per heavy atom. The van der Waals surface area contributed by atoms with Gasteiger partial charge in [0, 0.05) is 18.3 Å². The summed E-state index contributed by atoms with van der Waals surface area (Å²) in [5.41, 5.74) is 2.32. The molecule has 29 heavy (non-hydrogen) atoms. The number of amides is 2. The van der Waals surface area contributed by atoms with Crippen molar-refractivity contribution in [3.05, 3.63) is 54.1 Å². The van der Waals surface area contributed by atoms with Crippen molar-refractivity contribution >= 4 is 27.4 Å². The summed E-state index contributed by atoms with van der Waals surface area (Å²) in [5.74, 6) is 0. The quantitative estimate of drug-likeness (QED) is 0.785. The molecule has 0 radical (unpaired) electrons. The van der Waals surface area contributed by atoms with Crippen molar-refractivity contribution in [2.45, 2.75) is 55.9 Å². The van der Waals surface area contributed by atoms with Crippen molar-refractivity contribution in [3.63, 3.8) is 0 Å². The highest BCUT2D eigenvalue weighted by atomic mass is 32.2. The van der Waals surface area contributed by atoms with Gasteiger partial charge in [0.15, 0.2) is 0 Å². The van der Waals surface area contributed by atoms with Crippen LogP contribution in [0.1, 0.15) is 44.1 Å². The van der Waals surface area contributed by atoms with Gasteiger partial charge in [0.05, 0.1) is 10.6 Å². The molecule has 7 heteroatoms. The molecule has 154 valence electrons. The Labute approximate surface area is 172 Å². The summed E-state index contributed by atoms with van der Waals surface area (Å²) in [6, 6.07) is 14.0. The highest BCUT2D eigenvalue weighted by Gasteiger charge is 2.29. The van der Waals surface area contributed by atoms with Gasteiger partial charge in [0.1, 0.15) is 0 Å². The van der Waals surface area contributed by atoms with Crippen molar-refractivity contribution in [2.75, 3.05) is 16.2 Å². The van der Waals surface area contributed by atoms with E-state index in [2.05, 4.69) is 10.6 Å². The molecule has 2 aromatic rings. The topological polar surface area (TPSA) is 78.5 Å². The average molecular weight is 414 g/mol. The maximum absolute atomic E-state index is 13.1. The van der Waals surface area contributed by atoms with Crippen LogP contribution in [0.5, 0.6) is 0 Å². The number of fused-ring (bicyclic) bond motifs is 1. The third-order valence-corrected chi connectivity index (χ3v) is 7.51. The number of nitrogens with zero attached hydrogens (tertiary/aromatic N) is 1. The van der Waals surface area contributed by atoms with Gasteiger partial charge in [-0.05, 0) is 61.6 Å². The predicted molar refractivity (Wildman–Crippen MR) is 115 cm³/mol. The van der Waals surface area contributed by atoms with E-state index >= 15 is 0 Å². The molecule has 2 aromatic carbocycles. The molecule has 1 aliphatic carbocycles. The van der Waals surface area contributed by atoms with E-state index in [4.69, 9.17) is 0 Å². The second-order valence-corrected chi connectivity index (χ2v) is 9.63. The zero-order chi connectivity index (χ0) is 20.3. The fraction of sp³-hybridized carbons (Fsp3) is 0.409. The Morgan fingerprint density at radius 1 is 0.966 bits per heavy atom. The zero-order valence-electron chi connectivity index (χ0n) is 16.4. The van der Waals surface area contributed by atoms with E-state index in [-0.39, 0.29) is 12.1 Å². The van der Waals surface area contributed by atoms with Gasteiger partial charge in [-0.25, -0.2) is 13.2 Å². The molecule has 0 unspecified atom stereocenters. The van der Waals surface area contributed by atoms with Crippen molar-refractivity contribution in [2.24, 2.45) is 0 Å². The highest BCUT2D eigenvalue weighted by molar-refractivity contribution is 7.92. The van der Waals surface area contributed by atoms with Gasteiger partial charge in [-0.15, -0.1) is 0 Å². The number of urea groups is 1. The van der Waals surface area contributed by atoms with Gasteiger partial charge in [0.25, 0.3) is 10.0 Å². The van der Waals surface area contributed by atoms with Crippen LogP contribution in [0.2, 0.25) is 0 Å². The van der Waals surface area contributed by atoms with Crippen LogP contribution in [-0.4, -0.2) is 27.0 Å². The molecule has 2 amide bonds. The molecule has 4 rings (SSSR count). The van der Waals surface area contributed by atoms with Gasteiger partial charge in [-0.3, -0.25) is 4.31 Å². The Kier molecular flexibility index (Phi) is 5.76. The number of rotatable bonds is 4. The minimum atomic E-state index is -3.60. The van der Waals surface area contributed by atoms with E-state index in [1.165, 1.54) is 10.7 Å².